The standard InChI is InChI=1S/C13H18N4O2/c1-9(8-16-6-2-5-14-16)15-11-7-12(18)17(13(11)19)10-3-4-10/h2,5-6,9-11,15H,3-4,7-8H2,1H3. The number of imide groups is 1. The van der Waals surface area contributed by atoms with Crippen molar-refractivity contribution in [2.45, 2.75) is 50.9 Å². The Morgan fingerprint density at radius 2 is 2.26 bits per heavy atom. The minimum atomic E-state index is -0.362. The first-order valence-corrected chi connectivity index (χ1v) is 6.74. The predicted molar refractivity (Wildman–Crippen MR) is 68.1 cm³/mol. The van der Waals surface area contributed by atoms with Crippen LogP contribution in [0.25, 0.3) is 0 Å². The summed E-state index contributed by atoms with van der Waals surface area (Å²) in [7, 11) is 0. The first-order chi connectivity index (χ1) is 9.15. The van der Waals surface area contributed by atoms with E-state index in [1.54, 1.807) is 6.20 Å². The maximum Gasteiger partial charge on any atom is 0.247 e. The van der Waals surface area contributed by atoms with Gasteiger partial charge in [-0.2, -0.15) is 5.10 Å². The van der Waals surface area contributed by atoms with Crippen molar-refractivity contribution in [2.75, 3.05) is 0 Å². The SMILES string of the molecule is CC(Cn1cccn1)NC1CC(=O)N(C2CC2)C1=O. The third-order valence-electron chi connectivity index (χ3n) is 3.60. The van der Waals surface area contributed by atoms with Crippen LogP contribution in [0.3, 0.4) is 0 Å². The molecule has 1 aliphatic carbocycles. The van der Waals surface area contributed by atoms with Crippen molar-refractivity contribution in [1.29, 1.82) is 0 Å². The molecule has 1 saturated carbocycles. The maximum atomic E-state index is 12.2. The van der Waals surface area contributed by atoms with Gasteiger partial charge in [0, 0.05) is 24.5 Å². The molecule has 6 nitrogen and oxygen atoms in total. The van der Waals surface area contributed by atoms with E-state index in [1.807, 2.05) is 23.9 Å². The van der Waals surface area contributed by atoms with E-state index in [0.29, 0.717) is 13.0 Å². The van der Waals surface area contributed by atoms with E-state index in [0.717, 1.165) is 12.8 Å². The maximum absolute atomic E-state index is 12.2. The molecule has 0 radical (unpaired) electrons. The van der Waals surface area contributed by atoms with E-state index in [2.05, 4.69) is 10.4 Å². The van der Waals surface area contributed by atoms with Crippen LogP contribution in [0.1, 0.15) is 26.2 Å². The van der Waals surface area contributed by atoms with Crippen molar-refractivity contribution >= 4 is 11.8 Å². The Bertz CT molecular complexity index is 481. The lowest BCUT2D eigenvalue weighted by Gasteiger charge is -2.18. The zero-order chi connectivity index (χ0) is 13.4. The van der Waals surface area contributed by atoms with Crippen LogP contribution in [0.4, 0.5) is 0 Å². The number of likely N-dealkylation sites (tertiary alicyclic amines) is 1. The van der Waals surface area contributed by atoms with Gasteiger partial charge in [-0.15, -0.1) is 0 Å². The van der Waals surface area contributed by atoms with Gasteiger partial charge in [0.15, 0.2) is 0 Å². The van der Waals surface area contributed by atoms with Crippen LogP contribution in [0.5, 0.6) is 0 Å². The molecule has 19 heavy (non-hydrogen) atoms. The fraction of sp³-hybridized carbons (Fsp3) is 0.615. The van der Waals surface area contributed by atoms with Crippen LogP contribution >= 0.6 is 0 Å². The monoisotopic (exact) mass is 262 g/mol. The Balaban J connectivity index is 1.58. The minimum absolute atomic E-state index is 0.0312. The summed E-state index contributed by atoms with van der Waals surface area (Å²) in [6.45, 7) is 2.69. The fourth-order valence-corrected chi connectivity index (χ4v) is 2.58. The van der Waals surface area contributed by atoms with Crippen molar-refractivity contribution in [1.82, 2.24) is 20.0 Å². The summed E-state index contributed by atoms with van der Waals surface area (Å²) in [4.78, 5) is 25.4. The highest BCUT2D eigenvalue weighted by Crippen LogP contribution is 2.31. The molecule has 1 aromatic heterocycles. The number of nitrogens with one attached hydrogen (secondary N) is 1. The Kier molecular flexibility index (Phi) is 3.10. The van der Waals surface area contributed by atoms with Gasteiger partial charge in [-0.25, -0.2) is 0 Å². The number of carbonyl (C=O) groups excluding carboxylic acids is 2. The summed E-state index contributed by atoms with van der Waals surface area (Å²) >= 11 is 0. The van der Waals surface area contributed by atoms with Gasteiger partial charge in [0.2, 0.25) is 11.8 Å². The lowest BCUT2D eigenvalue weighted by molar-refractivity contribution is -0.139. The van der Waals surface area contributed by atoms with Crippen molar-refractivity contribution in [2.24, 2.45) is 0 Å². The first-order valence-electron chi connectivity index (χ1n) is 6.74. The molecule has 1 saturated heterocycles. The van der Waals surface area contributed by atoms with E-state index >= 15 is 0 Å². The second kappa shape index (κ2) is 4.77. The summed E-state index contributed by atoms with van der Waals surface area (Å²) in [5, 5.41) is 7.37. The van der Waals surface area contributed by atoms with E-state index in [-0.39, 0.29) is 29.9 Å². The van der Waals surface area contributed by atoms with E-state index in [1.165, 1.54) is 4.90 Å². The molecule has 2 fully saturated rings. The minimum Gasteiger partial charge on any atom is -0.301 e. The van der Waals surface area contributed by atoms with Crippen LogP contribution in [0, 0.1) is 0 Å². The lowest BCUT2D eigenvalue weighted by Crippen LogP contribution is -2.44. The Hall–Kier alpha value is -1.69. The highest BCUT2D eigenvalue weighted by molar-refractivity contribution is 6.06. The molecule has 2 unspecified atom stereocenters. The Labute approximate surface area is 111 Å². The first kappa shape index (κ1) is 12.3. The van der Waals surface area contributed by atoms with Crippen LogP contribution in [-0.4, -0.2) is 44.6 Å². The summed E-state index contributed by atoms with van der Waals surface area (Å²) in [6.07, 6.45) is 5.83. The van der Waals surface area contributed by atoms with Crippen molar-refractivity contribution in [3.63, 3.8) is 0 Å². The molecule has 102 valence electrons. The highest BCUT2D eigenvalue weighted by atomic mass is 16.2. The van der Waals surface area contributed by atoms with Crippen LogP contribution < -0.4 is 5.32 Å². The molecule has 0 bridgehead atoms. The normalized spacial score (nSPS) is 25.1. The zero-order valence-electron chi connectivity index (χ0n) is 11.0. The van der Waals surface area contributed by atoms with Gasteiger partial charge in [0.05, 0.1) is 19.0 Å². The smallest absolute Gasteiger partial charge is 0.247 e. The molecule has 2 amide bonds. The molecular weight excluding hydrogens is 244 g/mol. The largest absolute Gasteiger partial charge is 0.301 e. The summed E-state index contributed by atoms with van der Waals surface area (Å²) in [6, 6.07) is 1.78. The van der Waals surface area contributed by atoms with Crippen LogP contribution in [-0.2, 0) is 16.1 Å². The molecule has 1 N–H and O–H groups in total. The van der Waals surface area contributed by atoms with E-state index in [9.17, 15) is 9.59 Å². The van der Waals surface area contributed by atoms with Gasteiger partial charge in [0.1, 0.15) is 0 Å². The fourth-order valence-electron chi connectivity index (χ4n) is 2.58. The second-order valence-corrected chi connectivity index (χ2v) is 5.39. The lowest BCUT2D eigenvalue weighted by atomic mass is 10.2. The number of rotatable bonds is 5. The van der Waals surface area contributed by atoms with Crippen molar-refractivity contribution in [3.8, 4) is 0 Å². The number of nitrogens with zero attached hydrogens (tertiary/aromatic N) is 3. The number of carbonyl (C=O) groups is 2. The van der Waals surface area contributed by atoms with Crippen molar-refractivity contribution in [3.05, 3.63) is 18.5 Å². The van der Waals surface area contributed by atoms with Gasteiger partial charge in [-0.1, -0.05) is 0 Å². The van der Waals surface area contributed by atoms with Crippen LogP contribution in [0.2, 0.25) is 0 Å². The number of amides is 2. The molecule has 6 heteroatoms. The van der Waals surface area contributed by atoms with E-state index < -0.39 is 0 Å². The molecular formula is C13H18N4O2. The Morgan fingerprint density at radius 3 is 2.89 bits per heavy atom. The predicted octanol–water partition coefficient (Wildman–Crippen LogP) is 0.151. The van der Waals surface area contributed by atoms with E-state index in [4.69, 9.17) is 0 Å². The average Bonchev–Trinajstić information content (AvgIpc) is 2.98. The van der Waals surface area contributed by atoms with Crippen molar-refractivity contribution < 1.29 is 9.59 Å². The molecule has 2 heterocycles. The molecule has 1 aromatic rings. The van der Waals surface area contributed by atoms with Gasteiger partial charge in [-0.3, -0.25) is 19.2 Å². The third-order valence-corrected chi connectivity index (χ3v) is 3.60. The Morgan fingerprint density at radius 1 is 1.47 bits per heavy atom. The quantitative estimate of drug-likeness (QED) is 0.767. The van der Waals surface area contributed by atoms with Crippen LogP contribution in [0.15, 0.2) is 18.5 Å². The molecule has 0 spiro atoms. The summed E-state index contributed by atoms with van der Waals surface area (Å²) in [5.74, 6) is -0.0869. The molecule has 2 atom stereocenters. The number of hydrogen-bond acceptors (Lipinski definition) is 4. The summed E-state index contributed by atoms with van der Waals surface area (Å²) < 4.78 is 1.82. The van der Waals surface area contributed by atoms with Gasteiger partial charge in [-0.05, 0) is 25.8 Å². The number of hydrogen-bond donors (Lipinski definition) is 1. The third kappa shape index (κ3) is 2.53. The summed E-state index contributed by atoms with van der Waals surface area (Å²) in [5.41, 5.74) is 0. The average molecular weight is 262 g/mol. The second-order valence-electron chi connectivity index (χ2n) is 5.39. The van der Waals surface area contributed by atoms with Gasteiger partial charge >= 0.3 is 0 Å². The molecule has 2 aliphatic rings. The highest BCUT2D eigenvalue weighted by Gasteiger charge is 2.46. The molecule has 0 aromatic carbocycles. The molecule has 1 aliphatic heterocycles. The van der Waals surface area contributed by atoms with Gasteiger partial charge < -0.3 is 5.32 Å². The zero-order valence-corrected chi connectivity index (χ0v) is 11.0. The topological polar surface area (TPSA) is 67.2 Å². The molecule has 3 rings (SSSR count). The van der Waals surface area contributed by atoms with Gasteiger partial charge in [0.25, 0.3) is 0 Å². The number of aromatic nitrogens is 2.